The molecule has 0 unspecified atom stereocenters. The zero-order valence-electron chi connectivity index (χ0n) is 12.6. The molecule has 0 amide bonds. The van der Waals surface area contributed by atoms with Crippen molar-refractivity contribution in [2.75, 3.05) is 39.0 Å². The van der Waals surface area contributed by atoms with Crippen molar-refractivity contribution in [1.82, 2.24) is 14.9 Å². The molecule has 0 aliphatic carbocycles. The van der Waals surface area contributed by atoms with E-state index in [0.29, 0.717) is 19.0 Å². The summed E-state index contributed by atoms with van der Waals surface area (Å²) in [5, 5.41) is 6.38. The molecule has 0 radical (unpaired) electrons. The van der Waals surface area contributed by atoms with Crippen LogP contribution in [0, 0.1) is 5.92 Å². The van der Waals surface area contributed by atoms with E-state index in [4.69, 9.17) is 0 Å². The molecular formula is C12H27IN4O2S. The number of nitrogens with zero attached hydrogens (tertiary/aromatic N) is 2. The summed E-state index contributed by atoms with van der Waals surface area (Å²) in [5.74, 6) is 1.32. The van der Waals surface area contributed by atoms with Gasteiger partial charge < -0.3 is 10.6 Å². The minimum atomic E-state index is -3.02. The van der Waals surface area contributed by atoms with Crippen LogP contribution in [0.2, 0.25) is 0 Å². The van der Waals surface area contributed by atoms with Gasteiger partial charge in [-0.15, -0.1) is 24.0 Å². The fourth-order valence-corrected chi connectivity index (χ4v) is 3.03. The van der Waals surface area contributed by atoms with Gasteiger partial charge in [-0.2, -0.15) is 0 Å². The van der Waals surface area contributed by atoms with Crippen molar-refractivity contribution in [2.24, 2.45) is 10.9 Å². The van der Waals surface area contributed by atoms with E-state index in [0.717, 1.165) is 38.4 Å². The number of halogens is 1. The first-order valence-corrected chi connectivity index (χ1v) is 8.79. The monoisotopic (exact) mass is 418 g/mol. The lowest BCUT2D eigenvalue weighted by Crippen LogP contribution is -2.40. The van der Waals surface area contributed by atoms with Gasteiger partial charge in [0.05, 0.1) is 6.26 Å². The molecule has 0 atom stereocenters. The first-order valence-electron chi connectivity index (χ1n) is 6.94. The highest BCUT2D eigenvalue weighted by molar-refractivity contribution is 14.0. The van der Waals surface area contributed by atoms with Crippen LogP contribution in [0.5, 0.6) is 0 Å². The third-order valence-electron chi connectivity index (χ3n) is 3.24. The molecule has 1 aliphatic rings. The second kappa shape index (κ2) is 9.78. The number of guanidine groups is 1. The van der Waals surface area contributed by atoms with Crippen LogP contribution >= 0.6 is 24.0 Å². The first-order chi connectivity index (χ1) is 8.97. The standard InChI is InChI=1S/C12H26N4O2S.HI/c1-4-13-12(14-5-2)15-10-11-6-8-16(9-7-11)19(3,17)18;/h11H,4-10H2,1-3H3,(H2,13,14,15);1H. The summed E-state index contributed by atoms with van der Waals surface area (Å²) < 4.78 is 24.4. The molecule has 0 aromatic heterocycles. The van der Waals surface area contributed by atoms with Crippen LogP contribution in [0.1, 0.15) is 26.7 Å². The second-order valence-electron chi connectivity index (χ2n) is 4.86. The number of rotatable bonds is 5. The average Bonchev–Trinajstić information content (AvgIpc) is 2.36. The predicted molar refractivity (Wildman–Crippen MR) is 94.2 cm³/mol. The van der Waals surface area contributed by atoms with Crippen molar-refractivity contribution in [3.8, 4) is 0 Å². The Morgan fingerprint density at radius 1 is 1.20 bits per heavy atom. The molecule has 1 heterocycles. The topological polar surface area (TPSA) is 73.8 Å². The maximum Gasteiger partial charge on any atom is 0.211 e. The van der Waals surface area contributed by atoms with Gasteiger partial charge in [-0.25, -0.2) is 12.7 Å². The first kappa shape index (κ1) is 19.9. The minimum Gasteiger partial charge on any atom is -0.357 e. The Morgan fingerprint density at radius 3 is 2.10 bits per heavy atom. The third kappa shape index (κ3) is 7.07. The molecule has 120 valence electrons. The molecule has 1 saturated heterocycles. The molecule has 0 saturated carbocycles. The maximum absolute atomic E-state index is 11.4. The molecule has 20 heavy (non-hydrogen) atoms. The molecule has 6 nitrogen and oxygen atoms in total. The second-order valence-corrected chi connectivity index (χ2v) is 6.84. The molecule has 8 heteroatoms. The van der Waals surface area contributed by atoms with Gasteiger partial charge in [0.25, 0.3) is 0 Å². The van der Waals surface area contributed by atoms with Gasteiger partial charge in [0.1, 0.15) is 0 Å². The predicted octanol–water partition coefficient (Wildman–Crippen LogP) is 0.851. The minimum absolute atomic E-state index is 0. The SMILES string of the molecule is CCNC(=NCC1CCN(S(C)(=O)=O)CC1)NCC.I. The lowest BCUT2D eigenvalue weighted by Gasteiger charge is -2.29. The summed E-state index contributed by atoms with van der Waals surface area (Å²) in [4.78, 5) is 4.54. The van der Waals surface area contributed by atoms with E-state index in [1.54, 1.807) is 4.31 Å². The van der Waals surface area contributed by atoms with E-state index < -0.39 is 10.0 Å². The maximum atomic E-state index is 11.4. The highest BCUT2D eigenvalue weighted by Gasteiger charge is 2.24. The van der Waals surface area contributed by atoms with Crippen LogP contribution in [0.4, 0.5) is 0 Å². The summed E-state index contributed by atoms with van der Waals surface area (Å²) in [6.07, 6.45) is 3.06. The Hall–Kier alpha value is -0.0900. The Kier molecular flexibility index (Phi) is 9.73. The Bertz CT molecular complexity index is 384. The van der Waals surface area contributed by atoms with Gasteiger partial charge in [-0.1, -0.05) is 0 Å². The molecule has 0 aromatic carbocycles. The van der Waals surface area contributed by atoms with Gasteiger partial charge in [-0.05, 0) is 32.6 Å². The van der Waals surface area contributed by atoms with Crippen molar-refractivity contribution < 1.29 is 8.42 Å². The number of sulfonamides is 1. The molecule has 1 rings (SSSR count). The number of hydrogen-bond donors (Lipinski definition) is 2. The van der Waals surface area contributed by atoms with Crippen molar-refractivity contribution in [1.29, 1.82) is 0 Å². The van der Waals surface area contributed by atoms with Gasteiger partial charge in [0.2, 0.25) is 10.0 Å². The van der Waals surface area contributed by atoms with Crippen LogP contribution in [-0.2, 0) is 10.0 Å². The highest BCUT2D eigenvalue weighted by atomic mass is 127. The van der Waals surface area contributed by atoms with Gasteiger partial charge in [0.15, 0.2) is 5.96 Å². The molecule has 0 spiro atoms. The summed E-state index contributed by atoms with van der Waals surface area (Å²) in [5.41, 5.74) is 0. The van der Waals surface area contributed by atoms with E-state index in [2.05, 4.69) is 15.6 Å². The molecule has 2 N–H and O–H groups in total. The summed E-state index contributed by atoms with van der Waals surface area (Å²) >= 11 is 0. The molecular weight excluding hydrogens is 391 g/mol. The molecule has 0 aromatic rings. The Labute approximate surface area is 139 Å². The third-order valence-corrected chi connectivity index (χ3v) is 4.54. The number of aliphatic imine (C=N–C) groups is 1. The van der Waals surface area contributed by atoms with Gasteiger partial charge in [-0.3, -0.25) is 4.99 Å². The van der Waals surface area contributed by atoms with E-state index in [-0.39, 0.29) is 24.0 Å². The fourth-order valence-electron chi connectivity index (χ4n) is 2.15. The summed E-state index contributed by atoms with van der Waals surface area (Å²) in [6, 6.07) is 0. The van der Waals surface area contributed by atoms with Crippen LogP contribution in [-0.4, -0.2) is 57.7 Å². The lowest BCUT2D eigenvalue weighted by molar-refractivity contribution is 0.280. The van der Waals surface area contributed by atoms with Crippen LogP contribution in [0.25, 0.3) is 0 Å². The quantitative estimate of drug-likeness (QED) is 0.395. The summed E-state index contributed by atoms with van der Waals surface area (Å²) in [7, 11) is -3.02. The number of piperidine rings is 1. The van der Waals surface area contributed by atoms with Crippen LogP contribution < -0.4 is 10.6 Å². The largest absolute Gasteiger partial charge is 0.357 e. The van der Waals surface area contributed by atoms with E-state index in [1.807, 2.05) is 13.8 Å². The van der Waals surface area contributed by atoms with Crippen molar-refractivity contribution >= 4 is 40.0 Å². The molecule has 0 bridgehead atoms. The smallest absolute Gasteiger partial charge is 0.211 e. The van der Waals surface area contributed by atoms with Gasteiger partial charge in [0, 0.05) is 32.7 Å². The normalized spacial score (nSPS) is 17.1. The average molecular weight is 418 g/mol. The van der Waals surface area contributed by atoms with Crippen LogP contribution in [0.15, 0.2) is 4.99 Å². The summed E-state index contributed by atoms with van der Waals surface area (Å²) in [6.45, 7) is 7.77. The molecule has 1 fully saturated rings. The van der Waals surface area contributed by atoms with Gasteiger partial charge >= 0.3 is 0 Å². The van der Waals surface area contributed by atoms with E-state index in [1.165, 1.54) is 6.26 Å². The van der Waals surface area contributed by atoms with Crippen molar-refractivity contribution in [2.45, 2.75) is 26.7 Å². The van der Waals surface area contributed by atoms with Crippen LogP contribution in [0.3, 0.4) is 0 Å². The Balaban J connectivity index is 0.00000361. The lowest BCUT2D eigenvalue weighted by atomic mass is 9.98. The van der Waals surface area contributed by atoms with Crippen molar-refractivity contribution in [3.63, 3.8) is 0 Å². The zero-order chi connectivity index (χ0) is 14.3. The van der Waals surface area contributed by atoms with E-state index in [9.17, 15) is 8.42 Å². The Morgan fingerprint density at radius 2 is 1.70 bits per heavy atom. The zero-order valence-corrected chi connectivity index (χ0v) is 15.7. The number of hydrogen-bond acceptors (Lipinski definition) is 3. The number of nitrogens with one attached hydrogen (secondary N) is 2. The molecule has 1 aliphatic heterocycles. The fraction of sp³-hybridized carbons (Fsp3) is 0.917. The van der Waals surface area contributed by atoms with Crippen molar-refractivity contribution in [3.05, 3.63) is 0 Å². The highest BCUT2D eigenvalue weighted by Crippen LogP contribution is 2.19. The van der Waals surface area contributed by atoms with E-state index >= 15 is 0 Å².